The van der Waals surface area contributed by atoms with Crippen molar-refractivity contribution in [2.75, 3.05) is 26.9 Å². The fourth-order valence-electron chi connectivity index (χ4n) is 2.92. The van der Waals surface area contributed by atoms with E-state index in [2.05, 4.69) is 10.3 Å². The van der Waals surface area contributed by atoms with Gasteiger partial charge in [-0.15, -0.1) is 0 Å². The highest BCUT2D eigenvalue weighted by molar-refractivity contribution is 5.81. The average molecular weight is 243 g/mol. The number of hydrazine groups is 1. The Morgan fingerprint density at radius 2 is 2.47 bits per heavy atom. The summed E-state index contributed by atoms with van der Waals surface area (Å²) in [4.78, 5) is 14.0. The second-order valence-electron chi connectivity index (χ2n) is 4.63. The van der Waals surface area contributed by atoms with Crippen LogP contribution >= 0.6 is 0 Å². The SMILES string of the molecule is COCC(C(=O)NN)N1CCOC2CCCC21. The van der Waals surface area contributed by atoms with E-state index in [1.807, 2.05) is 0 Å². The molecular weight excluding hydrogens is 222 g/mol. The van der Waals surface area contributed by atoms with Crippen molar-refractivity contribution < 1.29 is 14.3 Å². The first-order valence-electron chi connectivity index (χ1n) is 6.14. The van der Waals surface area contributed by atoms with E-state index in [4.69, 9.17) is 15.3 Å². The van der Waals surface area contributed by atoms with E-state index in [-0.39, 0.29) is 18.1 Å². The van der Waals surface area contributed by atoms with E-state index in [0.717, 1.165) is 25.8 Å². The molecule has 1 heterocycles. The number of nitrogens with two attached hydrogens (primary N) is 1. The molecule has 0 radical (unpaired) electrons. The van der Waals surface area contributed by atoms with E-state index in [9.17, 15) is 4.79 Å². The number of carbonyl (C=O) groups excluding carboxylic acids is 1. The molecule has 1 saturated heterocycles. The minimum Gasteiger partial charge on any atom is -0.383 e. The average Bonchev–Trinajstić information content (AvgIpc) is 2.83. The molecule has 0 aromatic carbocycles. The first-order valence-corrected chi connectivity index (χ1v) is 6.14. The highest BCUT2D eigenvalue weighted by atomic mass is 16.5. The predicted octanol–water partition coefficient (Wildman–Crippen LogP) is -0.755. The summed E-state index contributed by atoms with van der Waals surface area (Å²) in [6, 6.07) is 0.0284. The molecule has 3 N–H and O–H groups in total. The van der Waals surface area contributed by atoms with Crippen molar-refractivity contribution >= 4 is 5.91 Å². The first-order chi connectivity index (χ1) is 8.27. The molecule has 0 bridgehead atoms. The molecule has 6 heteroatoms. The Morgan fingerprint density at radius 3 is 3.18 bits per heavy atom. The fraction of sp³-hybridized carbons (Fsp3) is 0.909. The lowest BCUT2D eigenvalue weighted by molar-refractivity contribution is -0.136. The Hall–Kier alpha value is -0.690. The molecule has 1 saturated carbocycles. The van der Waals surface area contributed by atoms with Gasteiger partial charge in [-0.1, -0.05) is 0 Å². The number of carbonyl (C=O) groups is 1. The molecule has 1 amide bonds. The van der Waals surface area contributed by atoms with Crippen LogP contribution in [-0.2, 0) is 14.3 Å². The zero-order valence-electron chi connectivity index (χ0n) is 10.2. The van der Waals surface area contributed by atoms with Crippen molar-refractivity contribution in [2.45, 2.75) is 37.5 Å². The maximum atomic E-state index is 11.8. The van der Waals surface area contributed by atoms with Crippen LogP contribution in [0.25, 0.3) is 0 Å². The van der Waals surface area contributed by atoms with Crippen molar-refractivity contribution in [3.05, 3.63) is 0 Å². The van der Waals surface area contributed by atoms with E-state index in [1.54, 1.807) is 7.11 Å². The molecule has 1 aliphatic carbocycles. The van der Waals surface area contributed by atoms with Gasteiger partial charge in [0.1, 0.15) is 6.04 Å². The van der Waals surface area contributed by atoms with Gasteiger partial charge < -0.3 is 9.47 Å². The van der Waals surface area contributed by atoms with Crippen LogP contribution in [0.5, 0.6) is 0 Å². The maximum Gasteiger partial charge on any atom is 0.253 e. The summed E-state index contributed by atoms with van der Waals surface area (Å²) in [7, 11) is 1.60. The van der Waals surface area contributed by atoms with Crippen molar-refractivity contribution in [3.63, 3.8) is 0 Å². The van der Waals surface area contributed by atoms with Crippen LogP contribution in [0, 0.1) is 0 Å². The summed E-state index contributed by atoms with van der Waals surface area (Å²) in [6.45, 7) is 1.81. The summed E-state index contributed by atoms with van der Waals surface area (Å²) in [5, 5.41) is 0. The molecule has 98 valence electrons. The van der Waals surface area contributed by atoms with Crippen LogP contribution in [0.3, 0.4) is 0 Å². The molecule has 1 aliphatic heterocycles. The van der Waals surface area contributed by atoms with Crippen LogP contribution < -0.4 is 11.3 Å². The molecule has 2 fully saturated rings. The van der Waals surface area contributed by atoms with Crippen LogP contribution in [-0.4, -0.2) is 55.9 Å². The summed E-state index contributed by atoms with van der Waals surface area (Å²) < 4.78 is 10.9. The summed E-state index contributed by atoms with van der Waals surface area (Å²) in [6.07, 6.45) is 3.61. The van der Waals surface area contributed by atoms with Gasteiger partial charge in [0, 0.05) is 19.7 Å². The van der Waals surface area contributed by atoms with Crippen molar-refractivity contribution in [2.24, 2.45) is 5.84 Å². The number of hydrogen-bond acceptors (Lipinski definition) is 5. The molecular formula is C11H21N3O3. The van der Waals surface area contributed by atoms with Gasteiger partial charge in [0.2, 0.25) is 0 Å². The highest BCUT2D eigenvalue weighted by Gasteiger charge is 2.41. The van der Waals surface area contributed by atoms with E-state index in [0.29, 0.717) is 19.3 Å². The number of nitrogens with zero attached hydrogens (tertiary/aromatic N) is 1. The highest BCUT2D eigenvalue weighted by Crippen LogP contribution is 2.30. The number of ether oxygens (including phenoxy) is 2. The number of methoxy groups -OCH3 is 1. The number of morpholine rings is 1. The third-order valence-corrected chi connectivity index (χ3v) is 3.69. The Kier molecular flexibility index (Phi) is 4.33. The van der Waals surface area contributed by atoms with E-state index >= 15 is 0 Å². The molecule has 2 rings (SSSR count). The second kappa shape index (κ2) is 5.77. The molecule has 17 heavy (non-hydrogen) atoms. The second-order valence-corrected chi connectivity index (χ2v) is 4.63. The van der Waals surface area contributed by atoms with E-state index < -0.39 is 0 Å². The third kappa shape index (κ3) is 2.60. The molecule has 6 nitrogen and oxygen atoms in total. The molecule has 0 aromatic heterocycles. The quantitative estimate of drug-likeness (QED) is 0.386. The Balaban J connectivity index is 2.08. The van der Waals surface area contributed by atoms with Gasteiger partial charge in [0.15, 0.2) is 0 Å². The number of hydrogen-bond donors (Lipinski definition) is 2. The number of fused-ring (bicyclic) bond motifs is 1. The van der Waals surface area contributed by atoms with Crippen LogP contribution in [0.15, 0.2) is 0 Å². The topological polar surface area (TPSA) is 76.8 Å². The molecule has 3 atom stereocenters. The van der Waals surface area contributed by atoms with Gasteiger partial charge in [-0.2, -0.15) is 0 Å². The number of rotatable bonds is 4. The summed E-state index contributed by atoms with van der Waals surface area (Å²) >= 11 is 0. The standard InChI is InChI=1S/C11H21N3O3/c1-16-7-9(11(15)13-12)14-5-6-17-10-4-2-3-8(10)14/h8-10H,2-7,12H2,1H3,(H,13,15). The monoisotopic (exact) mass is 243 g/mol. The lowest BCUT2D eigenvalue weighted by atomic mass is 10.1. The molecule has 3 unspecified atom stereocenters. The maximum absolute atomic E-state index is 11.8. The van der Waals surface area contributed by atoms with Crippen molar-refractivity contribution in [1.82, 2.24) is 10.3 Å². The predicted molar refractivity (Wildman–Crippen MR) is 62.1 cm³/mol. The molecule has 0 spiro atoms. The Morgan fingerprint density at radius 1 is 1.65 bits per heavy atom. The summed E-state index contributed by atoms with van der Waals surface area (Å²) in [5.41, 5.74) is 2.23. The number of nitrogens with one attached hydrogen (secondary N) is 1. The molecule has 0 aromatic rings. The lowest BCUT2D eigenvalue weighted by Gasteiger charge is -2.41. The van der Waals surface area contributed by atoms with Gasteiger partial charge >= 0.3 is 0 Å². The van der Waals surface area contributed by atoms with Crippen LogP contribution in [0.2, 0.25) is 0 Å². The van der Waals surface area contributed by atoms with Gasteiger partial charge in [0.25, 0.3) is 5.91 Å². The van der Waals surface area contributed by atoms with Crippen LogP contribution in [0.1, 0.15) is 19.3 Å². The van der Waals surface area contributed by atoms with Crippen molar-refractivity contribution in [1.29, 1.82) is 0 Å². The molecule has 2 aliphatic rings. The smallest absolute Gasteiger partial charge is 0.253 e. The minimum absolute atomic E-state index is 0.181. The zero-order valence-corrected chi connectivity index (χ0v) is 10.2. The fourth-order valence-corrected chi connectivity index (χ4v) is 2.92. The van der Waals surface area contributed by atoms with Gasteiger partial charge in [-0.05, 0) is 19.3 Å². The first kappa shape index (κ1) is 12.8. The van der Waals surface area contributed by atoms with Crippen LogP contribution in [0.4, 0.5) is 0 Å². The lowest BCUT2D eigenvalue weighted by Crippen LogP contribution is -2.59. The van der Waals surface area contributed by atoms with Gasteiger partial charge in [-0.25, -0.2) is 5.84 Å². The third-order valence-electron chi connectivity index (χ3n) is 3.69. The zero-order chi connectivity index (χ0) is 12.3. The van der Waals surface area contributed by atoms with Crippen molar-refractivity contribution in [3.8, 4) is 0 Å². The Bertz CT molecular complexity index is 275. The normalized spacial score (nSPS) is 30.9. The Labute approximate surface area is 101 Å². The number of amides is 1. The largest absolute Gasteiger partial charge is 0.383 e. The van der Waals surface area contributed by atoms with Gasteiger partial charge in [-0.3, -0.25) is 15.1 Å². The summed E-state index contributed by atoms with van der Waals surface area (Å²) in [5.74, 6) is 5.05. The minimum atomic E-state index is -0.306. The van der Waals surface area contributed by atoms with E-state index in [1.165, 1.54) is 0 Å². The van der Waals surface area contributed by atoms with Gasteiger partial charge in [0.05, 0.1) is 19.3 Å².